The molecule has 0 unspecified atom stereocenters. The minimum Gasteiger partial charge on any atom is -1.00 e. The Morgan fingerprint density at radius 3 is 0.750 bits per heavy atom. The van der Waals surface area contributed by atoms with Crippen molar-refractivity contribution < 1.29 is 35.3 Å². The molecule has 0 bridgehead atoms. The van der Waals surface area contributed by atoms with E-state index in [-0.39, 0.29) is 73.0 Å². The van der Waals surface area contributed by atoms with Gasteiger partial charge in [0.15, 0.2) is 0 Å². The molecule has 19 valence electrons. The molecule has 0 rings (SSSR count). The molecule has 0 aromatic rings. The zero-order valence-corrected chi connectivity index (χ0v) is 6.05. The van der Waals surface area contributed by atoms with Gasteiger partial charge in [0, 0.05) is 25.8 Å². The summed E-state index contributed by atoms with van der Waals surface area (Å²) >= 11 is 0. The first-order chi connectivity index (χ1) is 0. The zero-order chi connectivity index (χ0) is 0. The molecule has 0 aliphatic heterocycles. The third-order valence-corrected chi connectivity index (χ3v) is 0. The molecule has 0 saturated carbocycles. The van der Waals surface area contributed by atoms with Gasteiger partial charge in [-0.3, -0.25) is 0 Å². The average molecular weight is 123 g/mol. The molecule has 0 nitrogen and oxygen atoms in total. The van der Waals surface area contributed by atoms with Gasteiger partial charge >= 0.3 is 37.7 Å². The van der Waals surface area contributed by atoms with Crippen molar-refractivity contribution in [2.24, 2.45) is 0 Å². The fourth-order valence-corrected chi connectivity index (χ4v) is 0. The topological polar surface area (TPSA) is 0 Å². The van der Waals surface area contributed by atoms with Gasteiger partial charge in [0.1, 0.15) is 0 Å². The average Bonchev–Trinajstić information content (AvgIpc) is 0. The summed E-state index contributed by atoms with van der Waals surface area (Å²) in [5.41, 5.74) is 0. The predicted molar refractivity (Wildman–Crippen MR) is 5.75 cm³/mol. The van der Waals surface area contributed by atoms with Gasteiger partial charge in [0.25, 0.3) is 0 Å². The molecule has 0 N–H and O–H groups in total. The summed E-state index contributed by atoms with van der Waals surface area (Å²) < 4.78 is 0. The first-order valence-corrected chi connectivity index (χ1v) is 0. The van der Waals surface area contributed by atoms with E-state index in [2.05, 4.69) is 0 Å². The predicted octanol–water partition coefficient (Wildman–Crippen LogP) is -6.38. The van der Waals surface area contributed by atoms with Gasteiger partial charge in [-0.25, -0.2) is 0 Å². The normalized spacial score (nSPS) is 0. The minimum absolute atomic E-state index is 0. The molecular weight excluding hydrogens is 123 g/mol. The third-order valence-electron chi connectivity index (χ3n) is 0. The van der Waals surface area contributed by atoms with E-state index < -0.39 is 0 Å². The maximum absolute atomic E-state index is 0. The fraction of sp³-hybridized carbons (Fsp3) is 0. The molecule has 0 saturated heterocycles. The summed E-state index contributed by atoms with van der Waals surface area (Å²) in [6.07, 6.45) is 0. The van der Waals surface area contributed by atoms with Crippen LogP contribution in [0.3, 0.4) is 0 Å². The van der Waals surface area contributed by atoms with Crippen molar-refractivity contribution in [1.82, 2.24) is 0 Å². The second-order valence-electron chi connectivity index (χ2n) is 0. The van der Waals surface area contributed by atoms with E-state index in [0.717, 1.165) is 0 Å². The van der Waals surface area contributed by atoms with Gasteiger partial charge in [-0.2, -0.15) is 0 Å². The summed E-state index contributed by atoms with van der Waals surface area (Å²) in [4.78, 5) is 0. The summed E-state index contributed by atoms with van der Waals surface area (Å²) in [6, 6.07) is 0. The molecule has 0 heterocycles. The van der Waals surface area contributed by atoms with Crippen LogP contribution in [0.1, 0.15) is 0 Å². The molecule has 0 atom stereocenters. The standard InChI is InChI=1S/Ca.2FH.Sc/h;2*1H;/q+2;;;/p-2. The monoisotopic (exact) mass is 123 g/mol. The van der Waals surface area contributed by atoms with E-state index in [1.807, 2.05) is 0 Å². The van der Waals surface area contributed by atoms with Crippen LogP contribution in [0.15, 0.2) is 0 Å². The van der Waals surface area contributed by atoms with Crippen molar-refractivity contribution in [2.45, 2.75) is 0 Å². The van der Waals surface area contributed by atoms with E-state index >= 15 is 0 Å². The van der Waals surface area contributed by atoms with Crippen LogP contribution in [0, 0.1) is 0 Å². The minimum atomic E-state index is 0. The van der Waals surface area contributed by atoms with Gasteiger partial charge in [0.2, 0.25) is 0 Å². The van der Waals surface area contributed by atoms with Crippen molar-refractivity contribution >= 4 is 37.7 Å². The molecule has 0 amide bonds. The zero-order valence-electron chi connectivity index (χ0n) is 2.04. The Morgan fingerprint density at radius 1 is 0.750 bits per heavy atom. The Labute approximate surface area is 71.8 Å². The van der Waals surface area contributed by atoms with Crippen LogP contribution >= 0.6 is 0 Å². The maximum atomic E-state index is 0. The Hall–Kier alpha value is 1.99. The molecule has 4 heteroatoms. The SMILES string of the molecule is [Ca+2].[F-].[F-].[Sc]. The third kappa shape index (κ3) is 9.01. The van der Waals surface area contributed by atoms with Crippen LogP contribution < -0.4 is 9.41 Å². The number of hydrogen-bond acceptors (Lipinski definition) is 0. The smallest absolute Gasteiger partial charge is 1.00 e. The van der Waals surface area contributed by atoms with Gasteiger partial charge in [-0.1, -0.05) is 0 Å². The molecule has 0 aliphatic carbocycles. The summed E-state index contributed by atoms with van der Waals surface area (Å²) in [5.74, 6) is 0. The molecule has 4 heavy (non-hydrogen) atoms. The maximum Gasteiger partial charge on any atom is 2.00 e. The quantitative estimate of drug-likeness (QED) is 0.281. The molecular formula is CaF2Sc. The number of hydrogen-bond donors (Lipinski definition) is 0. The van der Waals surface area contributed by atoms with Crippen molar-refractivity contribution in [3.8, 4) is 0 Å². The molecule has 0 spiro atoms. The van der Waals surface area contributed by atoms with Crippen molar-refractivity contribution in [3.63, 3.8) is 0 Å². The number of halogens is 2. The molecule has 0 aromatic heterocycles. The Bertz CT molecular complexity index is 6.00. The molecule has 0 fully saturated rings. The van der Waals surface area contributed by atoms with Gasteiger partial charge in [-0.05, 0) is 0 Å². The van der Waals surface area contributed by atoms with Crippen molar-refractivity contribution in [2.75, 3.05) is 0 Å². The van der Waals surface area contributed by atoms with Gasteiger partial charge in [0.05, 0.1) is 0 Å². The van der Waals surface area contributed by atoms with Crippen molar-refractivity contribution in [3.05, 3.63) is 0 Å². The molecule has 0 aliphatic rings. The van der Waals surface area contributed by atoms with E-state index in [9.17, 15) is 0 Å². The first-order valence-electron chi connectivity index (χ1n) is 0. The van der Waals surface area contributed by atoms with Crippen LogP contribution in [0.4, 0.5) is 0 Å². The van der Waals surface area contributed by atoms with Crippen LogP contribution in [0.2, 0.25) is 0 Å². The van der Waals surface area contributed by atoms with Crippen LogP contribution in [0.5, 0.6) is 0 Å². The second kappa shape index (κ2) is 20.1. The summed E-state index contributed by atoms with van der Waals surface area (Å²) in [6.45, 7) is 0. The van der Waals surface area contributed by atoms with Crippen LogP contribution in [-0.2, 0) is 25.8 Å². The largest absolute Gasteiger partial charge is 2.00 e. The second-order valence-corrected chi connectivity index (χ2v) is 0. The summed E-state index contributed by atoms with van der Waals surface area (Å²) in [7, 11) is 0. The first kappa shape index (κ1) is 37.7. The molecule has 1 radical (unpaired) electrons. The van der Waals surface area contributed by atoms with E-state index in [0.29, 0.717) is 0 Å². The van der Waals surface area contributed by atoms with E-state index in [4.69, 9.17) is 0 Å². The van der Waals surface area contributed by atoms with Crippen molar-refractivity contribution in [1.29, 1.82) is 0 Å². The van der Waals surface area contributed by atoms with Crippen LogP contribution in [-0.4, -0.2) is 37.7 Å². The van der Waals surface area contributed by atoms with Crippen LogP contribution in [0.25, 0.3) is 0 Å². The molecule has 0 aromatic carbocycles. The van der Waals surface area contributed by atoms with E-state index in [1.54, 1.807) is 0 Å². The Kier molecular flexibility index (Phi) is 189. The summed E-state index contributed by atoms with van der Waals surface area (Å²) in [5, 5.41) is 0. The van der Waals surface area contributed by atoms with Gasteiger partial charge < -0.3 is 9.41 Å². The number of rotatable bonds is 0. The van der Waals surface area contributed by atoms with E-state index in [1.165, 1.54) is 0 Å². The fourth-order valence-electron chi connectivity index (χ4n) is 0. The van der Waals surface area contributed by atoms with Gasteiger partial charge in [-0.15, -0.1) is 0 Å². The Balaban J connectivity index is 0. The Morgan fingerprint density at radius 2 is 0.750 bits per heavy atom.